The van der Waals surface area contributed by atoms with Crippen molar-refractivity contribution in [2.45, 2.75) is 13.5 Å². The van der Waals surface area contributed by atoms with E-state index in [1.165, 1.54) is 0 Å². The summed E-state index contributed by atoms with van der Waals surface area (Å²) in [7, 11) is 3.57. The summed E-state index contributed by atoms with van der Waals surface area (Å²) in [6.07, 6.45) is 1.86. The van der Waals surface area contributed by atoms with E-state index in [9.17, 15) is 0 Å². The lowest BCUT2D eigenvalue weighted by atomic mass is 10.2. The van der Waals surface area contributed by atoms with Gasteiger partial charge in [-0.15, -0.1) is 0 Å². The summed E-state index contributed by atoms with van der Waals surface area (Å²) in [5.41, 5.74) is 9.79. The van der Waals surface area contributed by atoms with Crippen molar-refractivity contribution in [3.63, 3.8) is 0 Å². The Morgan fingerprint density at radius 1 is 1.44 bits per heavy atom. The van der Waals surface area contributed by atoms with Crippen molar-refractivity contribution in [2.75, 3.05) is 18.2 Å². The number of nitrogens with zero attached hydrogens (tertiary/aromatic N) is 2. The molecule has 0 saturated carbocycles. The van der Waals surface area contributed by atoms with Crippen LogP contribution in [-0.2, 0) is 13.6 Å². The average molecular weight is 246 g/mol. The Bertz CT molecular complexity index is 548. The van der Waals surface area contributed by atoms with Crippen molar-refractivity contribution in [1.29, 1.82) is 0 Å². The summed E-state index contributed by atoms with van der Waals surface area (Å²) < 4.78 is 7.03. The topological polar surface area (TPSA) is 65.1 Å². The van der Waals surface area contributed by atoms with Crippen LogP contribution in [0.5, 0.6) is 5.75 Å². The van der Waals surface area contributed by atoms with Gasteiger partial charge in [0, 0.05) is 30.9 Å². The van der Waals surface area contributed by atoms with Gasteiger partial charge in [0.1, 0.15) is 5.75 Å². The molecule has 0 unspecified atom stereocenters. The first-order chi connectivity index (χ1) is 8.61. The second-order valence-electron chi connectivity index (χ2n) is 4.19. The molecule has 1 aromatic heterocycles. The maximum absolute atomic E-state index is 5.91. The highest BCUT2D eigenvalue weighted by atomic mass is 16.5. The van der Waals surface area contributed by atoms with Crippen molar-refractivity contribution in [3.8, 4) is 5.75 Å². The third-order valence-corrected chi connectivity index (χ3v) is 3.07. The van der Waals surface area contributed by atoms with E-state index >= 15 is 0 Å². The van der Waals surface area contributed by atoms with E-state index in [1.807, 2.05) is 43.0 Å². The standard InChI is InChI=1S/C13H18N4O/c1-9-10(8-16-17(9)2)7-15-13-6-11(18-3)4-5-12(13)14/h4-6,8,15H,7,14H2,1-3H3. The lowest BCUT2D eigenvalue weighted by Crippen LogP contribution is -2.04. The minimum atomic E-state index is 0.692. The summed E-state index contributed by atoms with van der Waals surface area (Å²) in [5, 5.41) is 7.51. The van der Waals surface area contributed by atoms with Crippen LogP contribution in [0.3, 0.4) is 0 Å². The van der Waals surface area contributed by atoms with Crippen LogP contribution in [0.25, 0.3) is 0 Å². The summed E-state index contributed by atoms with van der Waals surface area (Å²) in [5.74, 6) is 0.787. The lowest BCUT2D eigenvalue weighted by molar-refractivity contribution is 0.415. The zero-order valence-electron chi connectivity index (χ0n) is 10.9. The molecule has 0 fully saturated rings. The van der Waals surface area contributed by atoms with Gasteiger partial charge in [0.05, 0.1) is 24.7 Å². The number of nitrogens with two attached hydrogens (primary N) is 1. The number of hydrogen-bond acceptors (Lipinski definition) is 4. The number of nitrogens with one attached hydrogen (secondary N) is 1. The molecule has 0 radical (unpaired) electrons. The van der Waals surface area contributed by atoms with Gasteiger partial charge < -0.3 is 15.8 Å². The van der Waals surface area contributed by atoms with Crippen LogP contribution in [0.4, 0.5) is 11.4 Å². The second-order valence-corrected chi connectivity index (χ2v) is 4.19. The number of aromatic nitrogens is 2. The number of rotatable bonds is 4. The number of benzene rings is 1. The normalized spacial score (nSPS) is 10.4. The van der Waals surface area contributed by atoms with E-state index in [0.717, 1.165) is 22.7 Å². The molecule has 5 nitrogen and oxygen atoms in total. The monoisotopic (exact) mass is 246 g/mol. The van der Waals surface area contributed by atoms with Crippen LogP contribution >= 0.6 is 0 Å². The first-order valence-electron chi connectivity index (χ1n) is 5.76. The van der Waals surface area contributed by atoms with E-state index in [4.69, 9.17) is 10.5 Å². The van der Waals surface area contributed by atoms with Gasteiger partial charge in [-0.3, -0.25) is 4.68 Å². The average Bonchev–Trinajstić information content (AvgIpc) is 2.69. The second kappa shape index (κ2) is 5.00. The van der Waals surface area contributed by atoms with E-state index in [0.29, 0.717) is 12.2 Å². The SMILES string of the molecule is COc1ccc(N)c(NCc2cnn(C)c2C)c1. The van der Waals surface area contributed by atoms with E-state index < -0.39 is 0 Å². The number of ether oxygens (including phenoxy) is 1. The van der Waals surface area contributed by atoms with Gasteiger partial charge in [-0.05, 0) is 19.1 Å². The number of anilines is 2. The number of aryl methyl sites for hydroxylation is 1. The molecule has 2 rings (SSSR count). The predicted octanol–water partition coefficient (Wildman–Crippen LogP) is 1.93. The van der Waals surface area contributed by atoms with Crippen molar-refractivity contribution in [3.05, 3.63) is 35.7 Å². The Kier molecular flexibility index (Phi) is 3.41. The van der Waals surface area contributed by atoms with Gasteiger partial charge in [0.25, 0.3) is 0 Å². The molecule has 2 aromatic rings. The van der Waals surface area contributed by atoms with Crippen LogP contribution in [0.2, 0.25) is 0 Å². The summed E-state index contributed by atoms with van der Waals surface area (Å²) in [6, 6.07) is 5.56. The molecule has 18 heavy (non-hydrogen) atoms. The summed E-state index contributed by atoms with van der Waals surface area (Å²) in [4.78, 5) is 0. The molecule has 0 aliphatic carbocycles. The van der Waals surface area contributed by atoms with Crippen molar-refractivity contribution >= 4 is 11.4 Å². The molecular weight excluding hydrogens is 228 g/mol. The molecule has 0 saturated heterocycles. The molecule has 0 spiro atoms. The zero-order valence-corrected chi connectivity index (χ0v) is 10.9. The molecule has 0 atom stereocenters. The number of methoxy groups -OCH3 is 1. The summed E-state index contributed by atoms with van der Waals surface area (Å²) in [6.45, 7) is 2.73. The smallest absolute Gasteiger partial charge is 0.121 e. The minimum Gasteiger partial charge on any atom is -0.497 e. The van der Waals surface area contributed by atoms with Crippen LogP contribution in [0.1, 0.15) is 11.3 Å². The summed E-state index contributed by atoms with van der Waals surface area (Å²) >= 11 is 0. The van der Waals surface area contributed by atoms with Crippen LogP contribution < -0.4 is 15.8 Å². The highest BCUT2D eigenvalue weighted by Crippen LogP contribution is 2.25. The van der Waals surface area contributed by atoms with E-state index in [-0.39, 0.29) is 0 Å². The van der Waals surface area contributed by atoms with Crippen LogP contribution in [0, 0.1) is 6.92 Å². The predicted molar refractivity (Wildman–Crippen MR) is 72.7 cm³/mol. The largest absolute Gasteiger partial charge is 0.497 e. The van der Waals surface area contributed by atoms with Crippen molar-refractivity contribution in [2.24, 2.45) is 7.05 Å². The van der Waals surface area contributed by atoms with Crippen molar-refractivity contribution in [1.82, 2.24) is 9.78 Å². The maximum Gasteiger partial charge on any atom is 0.121 e. The van der Waals surface area contributed by atoms with Crippen molar-refractivity contribution < 1.29 is 4.74 Å². The first kappa shape index (κ1) is 12.3. The third-order valence-electron chi connectivity index (χ3n) is 3.07. The lowest BCUT2D eigenvalue weighted by Gasteiger charge is -2.10. The van der Waals surface area contributed by atoms with E-state index in [2.05, 4.69) is 10.4 Å². The van der Waals surface area contributed by atoms with Gasteiger partial charge in [-0.2, -0.15) is 5.10 Å². The maximum atomic E-state index is 5.91. The van der Waals surface area contributed by atoms with Gasteiger partial charge in [-0.1, -0.05) is 0 Å². The third kappa shape index (κ3) is 2.40. The Labute approximate surface area is 107 Å². The van der Waals surface area contributed by atoms with Gasteiger partial charge >= 0.3 is 0 Å². The highest BCUT2D eigenvalue weighted by Gasteiger charge is 2.05. The molecule has 0 aliphatic rings. The zero-order chi connectivity index (χ0) is 13.1. The van der Waals surface area contributed by atoms with Crippen LogP contribution in [-0.4, -0.2) is 16.9 Å². The fourth-order valence-corrected chi connectivity index (χ4v) is 1.72. The Hall–Kier alpha value is -2.17. The Morgan fingerprint density at radius 2 is 2.22 bits per heavy atom. The van der Waals surface area contributed by atoms with Gasteiger partial charge in [-0.25, -0.2) is 0 Å². The quantitative estimate of drug-likeness (QED) is 0.809. The fraction of sp³-hybridized carbons (Fsp3) is 0.308. The molecule has 3 N–H and O–H groups in total. The molecule has 1 heterocycles. The fourth-order valence-electron chi connectivity index (χ4n) is 1.72. The van der Waals surface area contributed by atoms with Gasteiger partial charge in [0.2, 0.25) is 0 Å². The molecule has 0 aliphatic heterocycles. The molecule has 1 aromatic carbocycles. The molecule has 5 heteroatoms. The minimum absolute atomic E-state index is 0.692. The highest BCUT2D eigenvalue weighted by molar-refractivity contribution is 5.68. The Balaban J connectivity index is 2.12. The first-order valence-corrected chi connectivity index (χ1v) is 5.76. The Morgan fingerprint density at radius 3 is 2.83 bits per heavy atom. The van der Waals surface area contributed by atoms with Crippen LogP contribution in [0.15, 0.2) is 24.4 Å². The number of hydrogen-bond donors (Lipinski definition) is 2. The molecule has 0 amide bonds. The molecular formula is C13H18N4O. The van der Waals surface area contributed by atoms with Gasteiger partial charge in [0.15, 0.2) is 0 Å². The van der Waals surface area contributed by atoms with E-state index in [1.54, 1.807) is 7.11 Å². The molecule has 0 bridgehead atoms. The molecule has 96 valence electrons. The number of nitrogen functional groups attached to an aromatic ring is 1.